The number of H-pyrrole nitrogens is 1. The van der Waals surface area contributed by atoms with Crippen LogP contribution in [0.1, 0.15) is 65.8 Å². The molecule has 2 aliphatic rings. The summed E-state index contributed by atoms with van der Waals surface area (Å²) in [6.07, 6.45) is 3.87. The van der Waals surface area contributed by atoms with Crippen molar-refractivity contribution >= 4 is 11.7 Å². The molecular weight excluding hydrogens is 306 g/mol. The van der Waals surface area contributed by atoms with Gasteiger partial charge >= 0.3 is 0 Å². The molecule has 1 N–H and O–H groups in total. The first kappa shape index (κ1) is 15.0. The quantitative estimate of drug-likeness (QED) is 0.912. The van der Waals surface area contributed by atoms with Crippen LogP contribution in [0.4, 0.5) is 0 Å². The first-order chi connectivity index (χ1) is 11.8. The van der Waals surface area contributed by atoms with E-state index < -0.39 is 0 Å². The number of aromatic amines is 1. The van der Waals surface area contributed by atoms with Crippen molar-refractivity contribution < 1.29 is 9.59 Å². The van der Waals surface area contributed by atoms with Gasteiger partial charge in [-0.15, -0.1) is 10.2 Å². The third-order valence-electron chi connectivity index (χ3n) is 5.04. The number of tetrazole rings is 1. The average molecular weight is 325 g/mol. The lowest BCUT2D eigenvalue weighted by molar-refractivity contribution is -0.137. The van der Waals surface area contributed by atoms with E-state index in [-0.39, 0.29) is 23.7 Å². The van der Waals surface area contributed by atoms with Crippen molar-refractivity contribution in [2.24, 2.45) is 0 Å². The van der Waals surface area contributed by atoms with Crippen molar-refractivity contribution in [1.82, 2.24) is 25.5 Å². The van der Waals surface area contributed by atoms with Gasteiger partial charge in [-0.2, -0.15) is 5.21 Å². The lowest BCUT2D eigenvalue weighted by Crippen LogP contribution is -2.42. The van der Waals surface area contributed by atoms with Crippen LogP contribution in [0.15, 0.2) is 24.3 Å². The van der Waals surface area contributed by atoms with E-state index >= 15 is 0 Å². The first-order valence-electron chi connectivity index (χ1n) is 8.41. The van der Waals surface area contributed by atoms with Crippen molar-refractivity contribution in [2.45, 2.75) is 44.1 Å². The highest BCUT2D eigenvalue weighted by Crippen LogP contribution is 2.37. The number of carbonyl (C=O) groups is 2. The van der Waals surface area contributed by atoms with E-state index in [0.717, 1.165) is 24.8 Å². The molecule has 2 atom stereocenters. The van der Waals surface area contributed by atoms with Crippen LogP contribution < -0.4 is 0 Å². The molecule has 124 valence electrons. The minimum atomic E-state index is -0.258. The Morgan fingerprint density at radius 3 is 2.92 bits per heavy atom. The fourth-order valence-corrected chi connectivity index (χ4v) is 3.85. The Balaban J connectivity index is 1.65. The molecule has 0 spiro atoms. The average Bonchev–Trinajstić information content (AvgIpc) is 3.16. The first-order valence-corrected chi connectivity index (χ1v) is 8.41. The number of fused-ring (bicyclic) bond motifs is 1. The number of hydrogen-bond donors (Lipinski definition) is 1. The lowest BCUT2D eigenvalue weighted by atomic mass is 9.80. The van der Waals surface area contributed by atoms with Crippen molar-refractivity contribution in [3.8, 4) is 0 Å². The molecule has 0 saturated carbocycles. The zero-order valence-corrected chi connectivity index (χ0v) is 13.3. The number of rotatable bonds is 2. The molecule has 0 radical (unpaired) electrons. The molecule has 7 heteroatoms. The van der Waals surface area contributed by atoms with Crippen LogP contribution in [0, 0.1) is 0 Å². The second-order valence-corrected chi connectivity index (χ2v) is 6.41. The fraction of sp³-hybridized carbons (Fsp3) is 0.471. The molecule has 24 heavy (non-hydrogen) atoms. The number of carbonyl (C=O) groups excluding carboxylic acids is 2. The van der Waals surface area contributed by atoms with Gasteiger partial charge in [0.2, 0.25) is 5.91 Å². The zero-order chi connectivity index (χ0) is 16.5. The molecule has 1 aliphatic heterocycles. The molecule has 4 rings (SSSR count). The Hall–Kier alpha value is -2.57. The second-order valence-electron chi connectivity index (χ2n) is 6.41. The van der Waals surface area contributed by atoms with Crippen LogP contribution in [0.3, 0.4) is 0 Å². The summed E-state index contributed by atoms with van der Waals surface area (Å²) in [5, 5.41) is 14.3. The summed E-state index contributed by atoms with van der Waals surface area (Å²) >= 11 is 0. The number of likely N-dealkylation sites (tertiary alicyclic amines) is 1. The van der Waals surface area contributed by atoms with Gasteiger partial charge in [0.05, 0.1) is 12.0 Å². The minimum absolute atomic E-state index is 0.0736. The van der Waals surface area contributed by atoms with E-state index in [2.05, 4.69) is 20.6 Å². The number of aromatic nitrogens is 4. The zero-order valence-electron chi connectivity index (χ0n) is 13.3. The number of nitrogens with zero attached hydrogens (tertiary/aromatic N) is 4. The molecule has 1 amide bonds. The molecule has 1 saturated heterocycles. The molecule has 7 nitrogen and oxygen atoms in total. The van der Waals surface area contributed by atoms with Gasteiger partial charge in [-0.1, -0.05) is 29.5 Å². The van der Waals surface area contributed by atoms with E-state index in [1.54, 1.807) is 0 Å². The molecule has 1 aliphatic carbocycles. The Morgan fingerprint density at radius 1 is 1.21 bits per heavy atom. The van der Waals surface area contributed by atoms with Crippen molar-refractivity contribution in [3.63, 3.8) is 0 Å². The van der Waals surface area contributed by atoms with Gasteiger partial charge in [0.25, 0.3) is 0 Å². The summed E-state index contributed by atoms with van der Waals surface area (Å²) < 4.78 is 0. The van der Waals surface area contributed by atoms with E-state index in [9.17, 15) is 9.59 Å². The summed E-state index contributed by atoms with van der Waals surface area (Å²) in [6.45, 7) is 0.699. The predicted molar refractivity (Wildman–Crippen MR) is 85.2 cm³/mol. The van der Waals surface area contributed by atoms with Crippen molar-refractivity contribution in [1.29, 1.82) is 0 Å². The maximum absolute atomic E-state index is 13.3. The van der Waals surface area contributed by atoms with Gasteiger partial charge in [-0.3, -0.25) is 9.59 Å². The van der Waals surface area contributed by atoms with Crippen LogP contribution in [0.25, 0.3) is 0 Å². The van der Waals surface area contributed by atoms with Crippen molar-refractivity contribution in [2.75, 3.05) is 6.54 Å². The van der Waals surface area contributed by atoms with Gasteiger partial charge in [0, 0.05) is 18.5 Å². The maximum Gasteiger partial charge on any atom is 0.230 e. The summed E-state index contributed by atoms with van der Waals surface area (Å²) in [7, 11) is 0. The van der Waals surface area contributed by atoms with Crippen molar-refractivity contribution in [3.05, 3.63) is 41.2 Å². The summed E-state index contributed by atoms with van der Waals surface area (Å²) in [4.78, 5) is 27.3. The number of Topliss-reactive ketones (excluding diaryl/α,β-unsaturated/α-hetero) is 1. The molecule has 2 heterocycles. The SMILES string of the molecule is O=C1CCC(C(=O)N2CCCCC2c2nn[nH]n2)c2ccccc21. The van der Waals surface area contributed by atoms with Crippen LogP contribution >= 0.6 is 0 Å². The van der Waals surface area contributed by atoms with Crippen LogP contribution in [-0.2, 0) is 4.79 Å². The highest BCUT2D eigenvalue weighted by atomic mass is 16.2. The fourth-order valence-electron chi connectivity index (χ4n) is 3.85. The summed E-state index contributed by atoms with van der Waals surface area (Å²) in [5.74, 6) is 0.516. The smallest absolute Gasteiger partial charge is 0.230 e. The molecule has 0 bridgehead atoms. The van der Waals surface area contributed by atoms with Gasteiger partial charge in [0.15, 0.2) is 11.6 Å². The lowest BCUT2D eigenvalue weighted by Gasteiger charge is -2.37. The third kappa shape index (κ3) is 2.50. The highest BCUT2D eigenvalue weighted by molar-refractivity contribution is 6.01. The van der Waals surface area contributed by atoms with Gasteiger partial charge < -0.3 is 4.90 Å². The number of ketones is 1. The number of nitrogens with one attached hydrogen (secondary N) is 1. The molecule has 1 aromatic heterocycles. The molecule has 2 aromatic rings. The molecule has 2 unspecified atom stereocenters. The monoisotopic (exact) mass is 325 g/mol. The Kier molecular flexibility index (Phi) is 3.84. The van der Waals surface area contributed by atoms with Crippen LogP contribution in [0.5, 0.6) is 0 Å². The second kappa shape index (κ2) is 6.14. The van der Waals surface area contributed by atoms with Crippen LogP contribution in [0.2, 0.25) is 0 Å². The van der Waals surface area contributed by atoms with E-state index in [0.29, 0.717) is 30.8 Å². The summed E-state index contributed by atoms with van der Waals surface area (Å²) in [5.41, 5.74) is 1.55. The maximum atomic E-state index is 13.3. The Morgan fingerprint density at radius 2 is 2.08 bits per heavy atom. The number of benzene rings is 1. The van der Waals surface area contributed by atoms with Gasteiger partial charge in [0.1, 0.15) is 0 Å². The molecule has 1 aromatic carbocycles. The number of amides is 1. The number of piperidine rings is 1. The predicted octanol–water partition coefficient (Wildman–Crippen LogP) is 2.01. The third-order valence-corrected chi connectivity index (χ3v) is 5.04. The minimum Gasteiger partial charge on any atom is -0.332 e. The van der Waals surface area contributed by atoms with Gasteiger partial charge in [-0.25, -0.2) is 0 Å². The summed E-state index contributed by atoms with van der Waals surface area (Å²) in [6, 6.07) is 7.35. The Bertz CT molecular complexity index is 758. The van der Waals surface area contributed by atoms with E-state index in [1.165, 1.54) is 0 Å². The van der Waals surface area contributed by atoms with E-state index in [4.69, 9.17) is 0 Å². The largest absolute Gasteiger partial charge is 0.332 e. The van der Waals surface area contributed by atoms with Crippen LogP contribution in [-0.4, -0.2) is 43.8 Å². The number of hydrogen-bond acceptors (Lipinski definition) is 5. The molecular formula is C17H19N5O2. The highest BCUT2D eigenvalue weighted by Gasteiger charge is 2.37. The van der Waals surface area contributed by atoms with Gasteiger partial charge in [-0.05, 0) is 31.2 Å². The Labute approximate surface area is 139 Å². The standard InChI is InChI=1S/C17H19N5O2/c23-15-9-8-13(11-5-1-2-6-12(11)15)17(24)22-10-4-3-7-14(22)16-18-20-21-19-16/h1-2,5-6,13-14H,3-4,7-10H2,(H,18,19,20,21). The van der Waals surface area contributed by atoms with E-state index in [1.807, 2.05) is 29.2 Å². The normalized spacial score (nSPS) is 23.8. The molecule has 1 fully saturated rings. The topological polar surface area (TPSA) is 91.8 Å².